The summed E-state index contributed by atoms with van der Waals surface area (Å²) in [6.07, 6.45) is 30.3. The summed E-state index contributed by atoms with van der Waals surface area (Å²) in [7, 11) is 2.86. The Bertz CT molecular complexity index is 788. The Hall–Kier alpha value is -2.20. The number of aliphatic hydroxyl groups is 2. The molecule has 10 nitrogen and oxygen atoms in total. The molecule has 0 aromatic heterocycles. The molecule has 0 saturated carbocycles. The molecule has 2 unspecified atom stereocenters. The number of carbonyl (C=O) groups is 4. The quantitative estimate of drug-likeness (QED) is 0.0361. The van der Waals surface area contributed by atoms with E-state index >= 15 is 0 Å². The molecule has 0 aliphatic carbocycles. The van der Waals surface area contributed by atoms with E-state index in [-0.39, 0.29) is 49.1 Å². The maximum absolute atomic E-state index is 12.8. The number of ether oxygens (including phenoxy) is 2. The van der Waals surface area contributed by atoms with Crippen LogP contribution in [0.15, 0.2) is 0 Å². The Morgan fingerprint density at radius 1 is 0.385 bits per heavy atom. The smallest absolute Gasteiger partial charge is 0.305 e. The lowest BCUT2D eigenvalue weighted by Crippen LogP contribution is -2.35. The molecule has 2 atom stereocenters. The zero-order valence-corrected chi connectivity index (χ0v) is 33.5. The van der Waals surface area contributed by atoms with Crippen LogP contribution in [0, 0.1) is 0 Å². The van der Waals surface area contributed by atoms with Gasteiger partial charge in [-0.3, -0.25) is 19.2 Å². The van der Waals surface area contributed by atoms with Crippen LogP contribution in [0.3, 0.4) is 0 Å². The van der Waals surface area contributed by atoms with E-state index in [0.717, 1.165) is 180 Å². The number of esters is 2. The molecule has 0 radical (unpaired) electrons. The third kappa shape index (κ3) is 34.9. The van der Waals surface area contributed by atoms with Crippen LogP contribution in [0.2, 0.25) is 0 Å². The van der Waals surface area contributed by atoms with Gasteiger partial charge in [-0.25, -0.2) is 0 Å². The van der Waals surface area contributed by atoms with Gasteiger partial charge < -0.3 is 30.3 Å². The molecular weight excluding hydrogens is 660 g/mol. The van der Waals surface area contributed by atoms with Gasteiger partial charge in [0.05, 0.1) is 14.2 Å². The van der Waals surface area contributed by atoms with E-state index in [1.165, 1.54) is 14.2 Å². The molecule has 4 N–H and O–H groups in total. The minimum absolute atomic E-state index is 0.128. The Kier molecular flexibility index (Phi) is 36.9. The maximum Gasteiger partial charge on any atom is 0.305 e. The van der Waals surface area contributed by atoms with Crippen LogP contribution in [0.1, 0.15) is 205 Å². The van der Waals surface area contributed by atoms with Gasteiger partial charge in [-0.1, -0.05) is 116 Å². The highest BCUT2D eigenvalue weighted by Gasteiger charge is 2.14. The van der Waals surface area contributed by atoms with E-state index in [9.17, 15) is 19.2 Å². The third-order valence-corrected chi connectivity index (χ3v) is 10.0. The van der Waals surface area contributed by atoms with E-state index in [1.54, 1.807) is 0 Å². The predicted molar refractivity (Wildman–Crippen MR) is 210 cm³/mol. The first-order chi connectivity index (χ1) is 25.4. The Morgan fingerprint density at radius 2 is 0.635 bits per heavy atom. The van der Waals surface area contributed by atoms with E-state index in [4.69, 9.17) is 19.7 Å². The number of carbonyl (C=O) groups excluding carboxylic acids is 4. The molecule has 0 aliphatic rings. The maximum atomic E-state index is 12.8. The number of aliphatic hydroxyl groups excluding tert-OH is 2. The van der Waals surface area contributed by atoms with E-state index in [2.05, 4.69) is 10.6 Å². The second-order valence-corrected chi connectivity index (χ2v) is 14.8. The fourth-order valence-corrected chi connectivity index (χ4v) is 6.75. The predicted octanol–water partition coefficient (Wildman–Crippen LogP) is 8.77. The van der Waals surface area contributed by atoms with Crippen molar-refractivity contribution in [2.24, 2.45) is 0 Å². The number of unbranched alkanes of at least 4 members (excludes halogenated alkanes) is 19. The lowest BCUT2D eigenvalue weighted by molar-refractivity contribution is -0.141. The lowest BCUT2D eigenvalue weighted by Gasteiger charge is -2.19. The molecule has 306 valence electrons. The molecule has 0 fully saturated rings. The van der Waals surface area contributed by atoms with Crippen LogP contribution in [-0.4, -0.2) is 73.5 Å². The number of amides is 2. The highest BCUT2D eigenvalue weighted by atomic mass is 16.5. The molecule has 0 saturated heterocycles. The molecule has 52 heavy (non-hydrogen) atoms. The van der Waals surface area contributed by atoms with Crippen LogP contribution in [0.25, 0.3) is 0 Å². The second-order valence-electron chi connectivity index (χ2n) is 14.8. The summed E-state index contributed by atoms with van der Waals surface area (Å²) in [4.78, 5) is 48.3. The SMILES string of the molecule is COC(=O)CCCCCCCC(CCCCCCCO)NC(=O)CCCCCCC(=O)NC(CCCCCCCO)CCCCCCCC(=O)OC. The monoisotopic (exact) mass is 741 g/mol. The molecule has 0 aliphatic heterocycles. The second kappa shape index (κ2) is 38.5. The summed E-state index contributed by atoms with van der Waals surface area (Å²) >= 11 is 0. The molecular formula is C42H80N2O8. The number of nitrogens with one attached hydrogen (secondary N) is 2. The van der Waals surface area contributed by atoms with Gasteiger partial charge in [-0.15, -0.1) is 0 Å². The van der Waals surface area contributed by atoms with Gasteiger partial charge in [0.2, 0.25) is 11.8 Å². The minimum Gasteiger partial charge on any atom is -0.469 e. The number of rotatable bonds is 39. The minimum atomic E-state index is -0.145. The molecule has 0 aromatic carbocycles. The average Bonchev–Trinajstić information content (AvgIpc) is 3.14. The number of hydrogen-bond acceptors (Lipinski definition) is 8. The molecule has 10 heteroatoms. The van der Waals surface area contributed by atoms with Gasteiger partial charge in [0.25, 0.3) is 0 Å². The van der Waals surface area contributed by atoms with E-state index in [1.807, 2.05) is 0 Å². The van der Waals surface area contributed by atoms with Gasteiger partial charge in [-0.2, -0.15) is 0 Å². The average molecular weight is 741 g/mol. The lowest BCUT2D eigenvalue weighted by atomic mass is 9.99. The van der Waals surface area contributed by atoms with Crippen molar-refractivity contribution in [2.75, 3.05) is 27.4 Å². The van der Waals surface area contributed by atoms with Crippen LogP contribution in [-0.2, 0) is 28.7 Å². The van der Waals surface area contributed by atoms with Gasteiger partial charge in [0.1, 0.15) is 0 Å². The summed E-state index contributed by atoms with van der Waals surface area (Å²) in [5.74, 6) is -0.0321. The molecule has 0 aromatic rings. The van der Waals surface area contributed by atoms with Gasteiger partial charge in [0, 0.05) is 51.0 Å². The number of hydrogen-bond donors (Lipinski definition) is 4. The molecule has 0 rings (SSSR count). The van der Waals surface area contributed by atoms with Crippen LogP contribution in [0.4, 0.5) is 0 Å². The zero-order chi connectivity index (χ0) is 38.3. The number of methoxy groups -OCH3 is 2. The zero-order valence-electron chi connectivity index (χ0n) is 33.5. The first-order valence-corrected chi connectivity index (χ1v) is 21.3. The van der Waals surface area contributed by atoms with Crippen molar-refractivity contribution in [1.29, 1.82) is 0 Å². The van der Waals surface area contributed by atoms with E-state index < -0.39 is 0 Å². The van der Waals surface area contributed by atoms with Crippen molar-refractivity contribution < 1.29 is 38.9 Å². The highest BCUT2D eigenvalue weighted by molar-refractivity contribution is 5.76. The summed E-state index contributed by atoms with van der Waals surface area (Å²) in [5.41, 5.74) is 0. The van der Waals surface area contributed by atoms with Crippen LogP contribution < -0.4 is 10.6 Å². The molecule has 2 amide bonds. The fraction of sp³-hybridized carbons (Fsp3) is 0.905. The highest BCUT2D eigenvalue weighted by Crippen LogP contribution is 2.17. The van der Waals surface area contributed by atoms with Crippen LogP contribution in [0.5, 0.6) is 0 Å². The van der Waals surface area contributed by atoms with Gasteiger partial charge in [-0.05, 0) is 64.2 Å². The molecule has 0 bridgehead atoms. The standard InChI is InChI=1S/C42H80N2O8/c1-51-41(49)33-23-11-3-7-17-27-37(29-19-9-5-15-25-35-45)43-39(47)31-21-13-14-22-32-40(48)44-38(30-20-10-6-16-26-36-46)28-18-8-4-12-24-34-42(50)52-2/h37-38,45-46H,3-36H2,1-2H3,(H,43,47)(H,44,48). The van der Waals surface area contributed by atoms with Gasteiger partial charge >= 0.3 is 11.9 Å². The van der Waals surface area contributed by atoms with Crippen molar-refractivity contribution in [3.8, 4) is 0 Å². The van der Waals surface area contributed by atoms with Crippen molar-refractivity contribution in [2.45, 2.75) is 218 Å². The first-order valence-electron chi connectivity index (χ1n) is 21.3. The van der Waals surface area contributed by atoms with Crippen molar-refractivity contribution >= 4 is 23.8 Å². The van der Waals surface area contributed by atoms with Gasteiger partial charge in [0.15, 0.2) is 0 Å². The van der Waals surface area contributed by atoms with Crippen LogP contribution >= 0.6 is 0 Å². The first kappa shape index (κ1) is 49.8. The van der Waals surface area contributed by atoms with Crippen molar-refractivity contribution in [1.82, 2.24) is 10.6 Å². The van der Waals surface area contributed by atoms with Crippen molar-refractivity contribution in [3.05, 3.63) is 0 Å². The summed E-state index contributed by atoms with van der Waals surface area (Å²) in [6.45, 7) is 0.507. The largest absolute Gasteiger partial charge is 0.469 e. The van der Waals surface area contributed by atoms with Crippen molar-refractivity contribution in [3.63, 3.8) is 0 Å². The summed E-state index contributed by atoms with van der Waals surface area (Å²) < 4.78 is 9.42. The molecule has 0 spiro atoms. The topological polar surface area (TPSA) is 151 Å². The molecule has 0 heterocycles. The Morgan fingerprint density at radius 3 is 0.923 bits per heavy atom. The fourth-order valence-electron chi connectivity index (χ4n) is 6.75. The summed E-state index contributed by atoms with van der Waals surface area (Å²) in [6, 6.07) is 0.397. The Labute approximate surface area is 317 Å². The Balaban J connectivity index is 4.43. The normalized spacial score (nSPS) is 12.3. The third-order valence-electron chi connectivity index (χ3n) is 10.0. The summed E-state index contributed by atoms with van der Waals surface area (Å²) in [5, 5.41) is 24.6. The van der Waals surface area contributed by atoms with E-state index in [0.29, 0.717) is 25.7 Å².